The van der Waals surface area contributed by atoms with Crippen molar-refractivity contribution >= 4 is 47.2 Å². The first-order valence-corrected chi connectivity index (χ1v) is 11.9. The second-order valence-corrected chi connectivity index (χ2v) is 10.9. The summed E-state index contributed by atoms with van der Waals surface area (Å²) in [6.45, 7) is 1.80. The van der Waals surface area contributed by atoms with E-state index in [9.17, 15) is 21.9 Å². The molecule has 5 nitrogen and oxygen atoms in total. The molecule has 1 N–H and O–H groups in total. The zero-order chi connectivity index (χ0) is 19.0. The molecular weight excluding hydrogens is 452 g/mol. The lowest BCUT2D eigenvalue weighted by Crippen LogP contribution is -2.08. The van der Waals surface area contributed by atoms with Gasteiger partial charge in [0.05, 0.1) is 10.6 Å². The number of benzene rings is 2. The van der Waals surface area contributed by atoms with Crippen molar-refractivity contribution in [2.75, 3.05) is 6.26 Å². The molecule has 0 aliphatic carbocycles. The highest BCUT2D eigenvalue weighted by atomic mass is 79.9. The molecule has 0 saturated carbocycles. The van der Waals surface area contributed by atoms with Gasteiger partial charge in [0.2, 0.25) is 0 Å². The molecule has 0 bridgehead atoms. The van der Waals surface area contributed by atoms with Crippen molar-refractivity contribution in [3.8, 4) is 5.75 Å². The van der Waals surface area contributed by atoms with Crippen LogP contribution < -0.4 is 0 Å². The Morgan fingerprint density at radius 3 is 2.28 bits per heavy atom. The molecule has 136 valence electrons. The highest BCUT2D eigenvalue weighted by Gasteiger charge is 2.23. The first kappa shape index (κ1) is 20.2. The number of halogens is 2. The summed E-state index contributed by atoms with van der Waals surface area (Å²) in [5.74, 6) is -0.778. The zero-order valence-corrected chi connectivity index (χ0v) is 17.4. The molecule has 0 aliphatic heterocycles. The number of phenolic OH excluding ortho intramolecular Hbond substituents is 1. The Morgan fingerprint density at radius 2 is 1.72 bits per heavy atom. The third kappa shape index (κ3) is 4.75. The summed E-state index contributed by atoms with van der Waals surface area (Å²) in [6.07, 6.45) is 1.48. The van der Waals surface area contributed by atoms with Crippen LogP contribution in [0.1, 0.15) is 18.1 Å². The van der Waals surface area contributed by atoms with E-state index < -0.39 is 25.4 Å². The molecule has 0 heterocycles. The van der Waals surface area contributed by atoms with Crippen molar-refractivity contribution in [2.24, 2.45) is 0 Å². The van der Waals surface area contributed by atoms with Gasteiger partial charge in [0.1, 0.15) is 10.6 Å². The van der Waals surface area contributed by atoms with E-state index in [1.807, 2.05) is 0 Å². The minimum absolute atomic E-state index is 0.0575. The number of aromatic hydroxyl groups is 1. The number of phenols is 1. The second-order valence-electron chi connectivity index (χ2n) is 5.59. The lowest BCUT2D eigenvalue weighted by molar-refractivity contribution is 0.452. The molecule has 0 fully saturated rings. The maximum Gasteiger partial charge on any atom is 0.186 e. The summed E-state index contributed by atoms with van der Waals surface area (Å²) in [4.78, 5) is -0.266. The Bertz CT molecular complexity index is 1030. The topological polar surface area (TPSA) is 88.5 Å². The van der Waals surface area contributed by atoms with E-state index in [0.717, 1.165) is 6.26 Å². The van der Waals surface area contributed by atoms with Crippen molar-refractivity contribution in [1.82, 2.24) is 0 Å². The molecule has 0 spiro atoms. The number of aryl methyl sites for hydroxylation is 1. The van der Waals surface area contributed by atoms with E-state index in [2.05, 4.69) is 15.9 Å². The Kier molecular flexibility index (Phi) is 5.88. The van der Waals surface area contributed by atoms with Crippen LogP contribution >= 0.6 is 27.5 Å². The highest BCUT2D eigenvalue weighted by molar-refractivity contribution is 9.10. The first-order valence-electron chi connectivity index (χ1n) is 7.17. The Morgan fingerprint density at radius 1 is 1.08 bits per heavy atom. The van der Waals surface area contributed by atoms with Gasteiger partial charge in [0.15, 0.2) is 19.7 Å². The minimum Gasteiger partial charge on any atom is -0.506 e. The van der Waals surface area contributed by atoms with E-state index in [0.29, 0.717) is 16.5 Å². The smallest absolute Gasteiger partial charge is 0.186 e. The number of sulfone groups is 2. The van der Waals surface area contributed by atoms with Crippen molar-refractivity contribution in [1.29, 1.82) is 0 Å². The average Bonchev–Trinajstić information content (AvgIpc) is 2.47. The number of hydrogen-bond donors (Lipinski definition) is 1. The van der Waals surface area contributed by atoms with Gasteiger partial charge < -0.3 is 5.11 Å². The summed E-state index contributed by atoms with van der Waals surface area (Å²) in [7, 11) is -7.44. The second kappa shape index (κ2) is 7.26. The van der Waals surface area contributed by atoms with Crippen molar-refractivity contribution in [2.45, 2.75) is 28.9 Å². The fourth-order valence-electron chi connectivity index (χ4n) is 2.35. The van der Waals surface area contributed by atoms with Crippen LogP contribution in [0, 0.1) is 0 Å². The van der Waals surface area contributed by atoms with Crippen LogP contribution in [-0.4, -0.2) is 28.2 Å². The Labute approximate surface area is 160 Å². The Hall–Kier alpha value is -1.09. The van der Waals surface area contributed by atoms with Gasteiger partial charge >= 0.3 is 0 Å². The summed E-state index contributed by atoms with van der Waals surface area (Å²) < 4.78 is 49.4. The molecule has 0 radical (unpaired) electrons. The van der Waals surface area contributed by atoms with Crippen LogP contribution in [0.3, 0.4) is 0 Å². The molecule has 0 aliphatic rings. The normalized spacial score (nSPS) is 12.3. The molecule has 9 heteroatoms. The van der Waals surface area contributed by atoms with Crippen LogP contribution in [0.15, 0.2) is 44.6 Å². The van der Waals surface area contributed by atoms with Gasteiger partial charge in [-0.3, -0.25) is 0 Å². The predicted molar refractivity (Wildman–Crippen MR) is 101 cm³/mol. The highest BCUT2D eigenvalue weighted by Crippen LogP contribution is 2.33. The van der Waals surface area contributed by atoms with E-state index >= 15 is 0 Å². The monoisotopic (exact) mass is 466 g/mol. The molecule has 0 atom stereocenters. The lowest BCUT2D eigenvalue weighted by atomic mass is 10.1. The molecular formula is C16H16BrClO5S2. The molecule has 2 aromatic rings. The van der Waals surface area contributed by atoms with E-state index in [-0.39, 0.29) is 26.1 Å². The quantitative estimate of drug-likeness (QED) is 0.723. The number of hydrogen-bond acceptors (Lipinski definition) is 5. The Balaban J connectivity index is 2.54. The molecule has 0 saturated heterocycles. The van der Waals surface area contributed by atoms with Gasteiger partial charge in [-0.05, 0) is 47.9 Å². The van der Waals surface area contributed by atoms with Crippen molar-refractivity contribution in [3.05, 3.63) is 51.0 Å². The summed E-state index contributed by atoms with van der Waals surface area (Å²) in [5, 5.41) is 10.4. The zero-order valence-electron chi connectivity index (χ0n) is 13.5. The fourth-order valence-corrected chi connectivity index (χ4v) is 5.53. The number of rotatable bonds is 5. The average molecular weight is 468 g/mol. The van der Waals surface area contributed by atoms with Gasteiger partial charge in [-0.2, -0.15) is 0 Å². The van der Waals surface area contributed by atoms with Crippen molar-refractivity contribution < 1.29 is 21.9 Å². The van der Waals surface area contributed by atoms with E-state index in [4.69, 9.17) is 11.6 Å². The van der Waals surface area contributed by atoms with E-state index in [1.54, 1.807) is 13.0 Å². The van der Waals surface area contributed by atoms with Gasteiger partial charge in [-0.15, -0.1) is 0 Å². The maximum atomic E-state index is 12.7. The first-order chi connectivity index (χ1) is 11.4. The van der Waals surface area contributed by atoms with Gasteiger partial charge in [0, 0.05) is 15.8 Å². The summed E-state index contributed by atoms with van der Waals surface area (Å²) in [5.41, 5.74) is 0.723. The summed E-state index contributed by atoms with van der Waals surface area (Å²) >= 11 is 9.16. The molecule has 0 aromatic heterocycles. The van der Waals surface area contributed by atoms with Gasteiger partial charge in [-0.1, -0.05) is 34.5 Å². The van der Waals surface area contributed by atoms with E-state index in [1.165, 1.54) is 24.3 Å². The van der Waals surface area contributed by atoms with Crippen LogP contribution in [0.25, 0.3) is 0 Å². The van der Waals surface area contributed by atoms with Crippen LogP contribution in [0.4, 0.5) is 0 Å². The van der Waals surface area contributed by atoms with Crippen molar-refractivity contribution in [3.63, 3.8) is 0 Å². The molecule has 0 amide bonds. The molecule has 25 heavy (non-hydrogen) atoms. The van der Waals surface area contributed by atoms with Crippen LogP contribution in [-0.2, 0) is 31.8 Å². The molecule has 2 aromatic carbocycles. The molecule has 0 unspecified atom stereocenters. The molecule has 2 rings (SSSR count). The fraction of sp³-hybridized carbons (Fsp3) is 0.250. The summed E-state index contributed by atoms with van der Waals surface area (Å²) in [6, 6.07) is 6.90. The third-order valence-corrected chi connectivity index (χ3v) is 7.01. The van der Waals surface area contributed by atoms with Gasteiger partial charge in [0.25, 0.3) is 0 Å². The van der Waals surface area contributed by atoms with Gasteiger partial charge in [-0.25, -0.2) is 16.8 Å². The van der Waals surface area contributed by atoms with Crippen LogP contribution in [0.2, 0.25) is 5.02 Å². The maximum absolute atomic E-state index is 12.7. The standard InChI is InChI=1S/C16H16BrClO5S2/c1-3-11-6-12(17)7-15(16(11)19)25(22,23)9-10-4-13(18)8-14(5-10)24(2,20)21/h4-8,19H,3,9H2,1-2H3. The lowest BCUT2D eigenvalue weighted by Gasteiger charge is -2.12. The largest absolute Gasteiger partial charge is 0.506 e. The predicted octanol–water partition coefficient (Wildman–Crippen LogP) is 3.75. The SMILES string of the molecule is CCc1cc(Br)cc(S(=O)(=O)Cc2cc(Cl)cc(S(C)(=O)=O)c2)c1O. The third-order valence-electron chi connectivity index (χ3n) is 3.55. The minimum atomic E-state index is -3.91. The van der Waals surface area contributed by atoms with Crippen LogP contribution in [0.5, 0.6) is 5.75 Å².